The fourth-order valence-corrected chi connectivity index (χ4v) is 3.56. The maximum Gasteiger partial charge on any atom is 0.339 e. The van der Waals surface area contributed by atoms with Gasteiger partial charge in [-0.3, -0.25) is 0 Å². The van der Waals surface area contributed by atoms with Crippen molar-refractivity contribution in [1.82, 2.24) is 5.32 Å². The second kappa shape index (κ2) is 4.88. The van der Waals surface area contributed by atoms with Crippen LogP contribution in [0.3, 0.4) is 0 Å². The molecule has 4 heteroatoms. The first-order valence-corrected chi connectivity index (χ1v) is 7.64. The Balaban J connectivity index is 1.59. The smallest absolute Gasteiger partial charge is 0.339 e. The summed E-state index contributed by atoms with van der Waals surface area (Å²) in [7, 11) is 0. The van der Waals surface area contributed by atoms with Gasteiger partial charge in [-0.15, -0.1) is 0 Å². The van der Waals surface area contributed by atoms with E-state index in [4.69, 9.17) is 9.15 Å². The predicted molar refractivity (Wildman–Crippen MR) is 80.8 cm³/mol. The minimum absolute atomic E-state index is 0.262. The molecule has 2 saturated heterocycles. The van der Waals surface area contributed by atoms with Crippen LogP contribution in [0, 0.1) is 6.92 Å². The number of hydrogen-bond acceptors (Lipinski definition) is 4. The van der Waals surface area contributed by atoms with Gasteiger partial charge in [0.1, 0.15) is 17.4 Å². The minimum atomic E-state index is -0.278. The van der Waals surface area contributed by atoms with E-state index >= 15 is 0 Å². The van der Waals surface area contributed by atoms with Gasteiger partial charge in [-0.2, -0.15) is 0 Å². The van der Waals surface area contributed by atoms with Crippen LogP contribution in [0.4, 0.5) is 0 Å². The van der Waals surface area contributed by atoms with E-state index in [-0.39, 0.29) is 11.7 Å². The van der Waals surface area contributed by atoms with Gasteiger partial charge in [0, 0.05) is 29.1 Å². The normalized spacial score (nSPS) is 28.0. The van der Waals surface area contributed by atoms with Gasteiger partial charge in [0.2, 0.25) is 0 Å². The molecule has 2 fully saturated rings. The monoisotopic (exact) mass is 285 g/mol. The Labute approximate surface area is 123 Å². The third kappa shape index (κ3) is 2.44. The van der Waals surface area contributed by atoms with E-state index < -0.39 is 0 Å². The van der Waals surface area contributed by atoms with Crippen molar-refractivity contribution in [2.24, 2.45) is 0 Å². The Morgan fingerprint density at radius 1 is 1.19 bits per heavy atom. The molecule has 0 saturated carbocycles. The van der Waals surface area contributed by atoms with Crippen LogP contribution in [-0.2, 0) is 0 Å². The summed E-state index contributed by atoms with van der Waals surface area (Å²) < 4.78 is 11.4. The molecule has 2 aromatic rings. The fourth-order valence-electron chi connectivity index (χ4n) is 3.56. The molecule has 0 unspecified atom stereocenters. The lowest BCUT2D eigenvalue weighted by atomic mass is 10.0. The average Bonchev–Trinajstić information content (AvgIpc) is 2.80. The summed E-state index contributed by atoms with van der Waals surface area (Å²) in [6.45, 7) is 1.76. The summed E-state index contributed by atoms with van der Waals surface area (Å²) >= 11 is 0. The molecule has 0 radical (unpaired) electrons. The number of hydrogen-bond donors (Lipinski definition) is 1. The third-order valence-electron chi connectivity index (χ3n) is 4.61. The van der Waals surface area contributed by atoms with Crippen molar-refractivity contribution in [3.63, 3.8) is 0 Å². The highest BCUT2D eigenvalue weighted by atomic mass is 16.5. The van der Waals surface area contributed by atoms with Crippen LogP contribution in [0.25, 0.3) is 11.0 Å². The van der Waals surface area contributed by atoms with Crippen molar-refractivity contribution in [1.29, 1.82) is 0 Å². The van der Waals surface area contributed by atoms with Crippen molar-refractivity contribution >= 4 is 11.0 Å². The molecule has 0 aliphatic carbocycles. The van der Waals surface area contributed by atoms with Gasteiger partial charge < -0.3 is 14.5 Å². The van der Waals surface area contributed by atoms with Crippen LogP contribution in [0.5, 0.6) is 5.75 Å². The minimum Gasteiger partial charge on any atom is -0.490 e. The molecule has 21 heavy (non-hydrogen) atoms. The Hall–Kier alpha value is -1.81. The Morgan fingerprint density at radius 3 is 2.71 bits per heavy atom. The molecule has 1 aromatic heterocycles. The fraction of sp³-hybridized carbons (Fsp3) is 0.471. The molecule has 2 aliphatic rings. The van der Waals surface area contributed by atoms with Crippen LogP contribution in [0.1, 0.15) is 31.2 Å². The number of benzene rings is 1. The van der Waals surface area contributed by atoms with Gasteiger partial charge >= 0.3 is 5.63 Å². The molecular formula is C17H19NO3. The number of aryl methyl sites for hydroxylation is 1. The molecule has 4 nitrogen and oxygen atoms in total. The molecule has 2 aliphatic heterocycles. The largest absolute Gasteiger partial charge is 0.490 e. The highest BCUT2D eigenvalue weighted by Gasteiger charge is 2.34. The molecule has 1 N–H and O–H groups in total. The van der Waals surface area contributed by atoms with Gasteiger partial charge in [-0.05, 0) is 50.8 Å². The van der Waals surface area contributed by atoms with Crippen molar-refractivity contribution in [3.05, 3.63) is 40.2 Å². The van der Waals surface area contributed by atoms with Crippen molar-refractivity contribution in [2.45, 2.75) is 50.8 Å². The highest BCUT2D eigenvalue weighted by molar-refractivity contribution is 5.78. The molecule has 110 valence electrons. The SMILES string of the molecule is Cc1cc2ccc(O[C@@H]3C[C@H]4CC[C@@H](C3)N4)cc2oc1=O. The van der Waals surface area contributed by atoms with Gasteiger partial charge in [-0.1, -0.05) is 0 Å². The highest BCUT2D eigenvalue weighted by Crippen LogP contribution is 2.30. The predicted octanol–water partition coefficient (Wildman–Crippen LogP) is 2.76. The van der Waals surface area contributed by atoms with E-state index in [1.807, 2.05) is 24.3 Å². The Bertz CT molecular complexity index is 724. The van der Waals surface area contributed by atoms with Gasteiger partial charge in [0.05, 0.1) is 0 Å². The number of rotatable bonds is 2. The zero-order valence-electron chi connectivity index (χ0n) is 12.1. The number of ether oxygens (including phenoxy) is 1. The first kappa shape index (κ1) is 12.9. The van der Waals surface area contributed by atoms with Crippen molar-refractivity contribution in [2.75, 3.05) is 0 Å². The maximum atomic E-state index is 11.6. The third-order valence-corrected chi connectivity index (χ3v) is 4.61. The Morgan fingerprint density at radius 2 is 1.95 bits per heavy atom. The topological polar surface area (TPSA) is 51.5 Å². The number of fused-ring (bicyclic) bond motifs is 3. The lowest BCUT2D eigenvalue weighted by Crippen LogP contribution is -2.42. The summed E-state index contributed by atoms with van der Waals surface area (Å²) in [6.07, 6.45) is 4.91. The van der Waals surface area contributed by atoms with Crippen LogP contribution in [0.2, 0.25) is 0 Å². The van der Waals surface area contributed by atoms with E-state index in [2.05, 4.69) is 5.32 Å². The van der Waals surface area contributed by atoms with Gasteiger partial charge in [-0.25, -0.2) is 4.79 Å². The molecular weight excluding hydrogens is 266 g/mol. The lowest BCUT2D eigenvalue weighted by molar-refractivity contribution is 0.137. The van der Waals surface area contributed by atoms with Crippen LogP contribution in [0.15, 0.2) is 33.5 Å². The van der Waals surface area contributed by atoms with Gasteiger partial charge in [0.15, 0.2) is 0 Å². The van der Waals surface area contributed by atoms with E-state index in [1.165, 1.54) is 12.8 Å². The first-order valence-electron chi connectivity index (χ1n) is 7.64. The maximum absolute atomic E-state index is 11.6. The summed E-state index contributed by atoms with van der Waals surface area (Å²) in [4.78, 5) is 11.6. The van der Waals surface area contributed by atoms with E-state index in [9.17, 15) is 4.79 Å². The Kier molecular flexibility index (Phi) is 3.00. The number of piperidine rings is 1. The average molecular weight is 285 g/mol. The molecule has 4 rings (SSSR count). The van der Waals surface area contributed by atoms with Crippen molar-refractivity contribution < 1.29 is 9.15 Å². The second-order valence-corrected chi connectivity index (χ2v) is 6.27. The second-order valence-electron chi connectivity index (χ2n) is 6.27. The zero-order chi connectivity index (χ0) is 14.4. The standard InChI is InChI=1S/C17H19NO3/c1-10-6-11-2-5-14(9-16(11)21-17(10)19)20-15-7-12-3-4-13(8-15)18-12/h2,5-6,9,12-13,15,18H,3-4,7-8H2,1H3/t12-,13+,15-. The van der Waals surface area contributed by atoms with Crippen LogP contribution < -0.4 is 15.7 Å². The zero-order valence-corrected chi connectivity index (χ0v) is 12.1. The molecule has 0 amide bonds. The van der Waals surface area contributed by atoms with Gasteiger partial charge in [0.25, 0.3) is 0 Å². The summed E-state index contributed by atoms with van der Waals surface area (Å²) in [5.41, 5.74) is 0.950. The van der Waals surface area contributed by atoms with E-state index in [1.54, 1.807) is 6.92 Å². The van der Waals surface area contributed by atoms with E-state index in [0.29, 0.717) is 23.2 Å². The molecule has 0 spiro atoms. The molecule has 3 heterocycles. The quantitative estimate of drug-likeness (QED) is 0.862. The van der Waals surface area contributed by atoms with Crippen LogP contribution in [-0.4, -0.2) is 18.2 Å². The first-order chi connectivity index (χ1) is 10.2. The summed E-state index contributed by atoms with van der Waals surface area (Å²) in [5.74, 6) is 0.792. The molecule has 2 bridgehead atoms. The molecule has 1 aromatic carbocycles. The summed E-state index contributed by atoms with van der Waals surface area (Å²) in [5, 5.41) is 4.54. The summed E-state index contributed by atoms with van der Waals surface area (Å²) in [6, 6.07) is 8.82. The van der Waals surface area contributed by atoms with Crippen LogP contribution >= 0.6 is 0 Å². The molecule has 3 atom stereocenters. The van der Waals surface area contributed by atoms with E-state index in [0.717, 1.165) is 24.0 Å². The number of nitrogens with one attached hydrogen (secondary N) is 1. The van der Waals surface area contributed by atoms with Crippen molar-refractivity contribution in [3.8, 4) is 5.75 Å². The lowest BCUT2D eigenvalue weighted by Gasteiger charge is -2.29.